The van der Waals surface area contributed by atoms with Crippen LogP contribution in [-0.2, 0) is 14.3 Å². The van der Waals surface area contributed by atoms with E-state index in [0.717, 1.165) is 16.8 Å². The Balaban J connectivity index is 1.56. The molecule has 2 N–H and O–H groups in total. The number of carbonyl (C=O) groups is 3. The molecule has 0 spiro atoms. The van der Waals surface area contributed by atoms with Crippen LogP contribution in [0.4, 0.5) is 11.4 Å². The molecule has 6 heteroatoms. The average Bonchev–Trinajstić information content (AvgIpc) is 3.46. The molecule has 0 aliphatic heterocycles. The number of amides is 2. The Bertz CT molecular complexity index is 890. The van der Waals surface area contributed by atoms with Crippen LogP contribution in [0, 0.1) is 25.7 Å². The first-order valence-corrected chi connectivity index (χ1v) is 8.77. The Morgan fingerprint density at radius 3 is 2.19 bits per heavy atom. The Labute approximate surface area is 157 Å². The molecular weight excluding hydrogens is 344 g/mol. The standard InChI is InChI=1S/C21H22N2O4/c1-12-5-4-6-18(13(12)2)23-20(25)17-11-16(17)19(24)22-15-9-7-14(8-10-15)21(26)27-3/h4-10,16-17H,11H2,1-3H3,(H,22,24)(H,23,25). The first kappa shape index (κ1) is 18.6. The van der Waals surface area contributed by atoms with Crippen molar-refractivity contribution in [3.8, 4) is 0 Å². The smallest absolute Gasteiger partial charge is 0.337 e. The summed E-state index contributed by atoms with van der Waals surface area (Å²) in [6.45, 7) is 3.95. The van der Waals surface area contributed by atoms with Crippen molar-refractivity contribution >= 4 is 29.2 Å². The first-order valence-electron chi connectivity index (χ1n) is 8.77. The van der Waals surface area contributed by atoms with E-state index < -0.39 is 5.97 Å². The third-order valence-electron chi connectivity index (χ3n) is 4.90. The summed E-state index contributed by atoms with van der Waals surface area (Å²) in [7, 11) is 1.31. The second kappa shape index (κ2) is 7.61. The largest absolute Gasteiger partial charge is 0.465 e. The minimum Gasteiger partial charge on any atom is -0.465 e. The highest BCUT2D eigenvalue weighted by atomic mass is 16.5. The number of hydrogen-bond donors (Lipinski definition) is 2. The van der Waals surface area contributed by atoms with Gasteiger partial charge in [-0.05, 0) is 61.7 Å². The highest BCUT2D eigenvalue weighted by molar-refractivity contribution is 6.03. The van der Waals surface area contributed by atoms with Gasteiger partial charge in [0.25, 0.3) is 0 Å². The Kier molecular flexibility index (Phi) is 5.26. The summed E-state index contributed by atoms with van der Waals surface area (Å²) < 4.78 is 4.64. The van der Waals surface area contributed by atoms with Crippen molar-refractivity contribution in [2.75, 3.05) is 17.7 Å². The van der Waals surface area contributed by atoms with Gasteiger partial charge in [-0.25, -0.2) is 4.79 Å². The van der Waals surface area contributed by atoms with E-state index in [1.807, 2.05) is 32.0 Å². The minimum atomic E-state index is -0.432. The van der Waals surface area contributed by atoms with Crippen molar-refractivity contribution in [3.63, 3.8) is 0 Å². The number of hydrogen-bond acceptors (Lipinski definition) is 4. The molecule has 2 aromatic carbocycles. The molecule has 2 aromatic rings. The highest BCUT2D eigenvalue weighted by Crippen LogP contribution is 2.40. The molecule has 27 heavy (non-hydrogen) atoms. The molecule has 0 bridgehead atoms. The lowest BCUT2D eigenvalue weighted by molar-refractivity contribution is -0.122. The molecule has 3 rings (SSSR count). The Morgan fingerprint density at radius 2 is 1.56 bits per heavy atom. The lowest BCUT2D eigenvalue weighted by Crippen LogP contribution is -2.21. The molecule has 0 radical (unpaired) electrons. The monoisotopic (exact) mass is 366 g/mol. The van der Waals surface area contributed by atoms with Gasteiger partial charge in [0.05, 0.1) is 24.5 Å². The van der Waals surface area contributed by atoms with Gasteiger partial charge in [0.15, 0.2) is 0 Å². The van der Waals surface area contributed by atoms with E-state index in [0.29, 0.717) is 17.7 Å². The number of anilines is 2. The molecule has 140 valence electrons. The van der Waals surface area contributed by atoms with E-state index >= 15 is 0 Å². The fourth-order valence-corrected chi connectivity index (χ4v) is 2.93. The predicted octanol–water partition coefficient (Wildman–Crippen LogP) is 3.30. The van der Waals surface area contributed by atoms with Gasteiger partial charge in [-0.1, -0.05) is 12.1 Å². The normalized spacial score (nSPS) is 17.7. The quantitative estimate of drug-likeness (QED) is 0.795. The van der Waals surface area contributed by atoms with E-state index in [1.165, 1.54) is 7.11 Å². The van der Waals surface area contributed by atoms with Gasteiger partial charge in [-0.15, -0.1) is 0 Å². The molecule has 6 nitrogen and oxygen atoms in total. The summed E-state index contributed by atoms with van der Waals surface area (Å²) >= 11 is 0. The van der Waals surface area contributed by atoms with Crippen LogP contribution < -0.4 is 10.6 Å². The van der Waals surface area contributed by atoms with Gasteiger partial charge in [0, 0.05) is 11.4 Å². The fourth-order valence-electron chi connectivity index (χ4n) is 2.93. The summed E-state index contributed by atoms with van der Waals surface area (Å²) in [6, 6.07) is 12.2. The topological polar surface area (TPSA) is 84.5 Å². The molecular formula is C21H22N2O4. The lowest BCUT2D eigenvalue weighted by atomic mass is 10.1. The van der Waals surface area contributed by atoms with Crippen LogP contribution in [-0.4, -0.2) is 24.9 Å². The van der Waals surface area contributed by atoms with Crippen LogP contribution in [0.15, 0.2) is 42.5 Å². The SMILES string of the molecule is COC(=O)c1ccc(NC(=O)C2CC2C(=O)Nc2cccc(C)c2C)cc1. The highest BCUT2D eigenvalue weighted by Gasteiger charge is 2.48. The van der Waals surface area contributed by atoms with Gasteiger partial charge < -0.3 is 15.4 Å². The Morgan fingerprint density at radius 1 is 0.926 bits per heavy atom. The van der Waals surface area contributed by atoms with E-state index in [9.17, 15) is 14.4 Å². The number of nitrogens with one attached hydrogen (secondary N) is 2. The summed E-state index contributed by atoms with van der Waals surface area (Å²) in [5, 5.41) is 5.70. The second-order valence-corrected chi connectivity index (χ2v) is 6.74. The maximum absolute atomic E-state index is 12.4. The maximum Gasteiger partial charge on any atom is 0.337 e. The van der Waals surface area contributed by atoms with E-state index in [4.69, 9.17) is 0 Å². The average molecular weight is 366 g/mol. The van der Waals surface area contributed by atoms with Gasteiger partial charge in [0.2, 0.25) is 11.8 Å². The predicted molar refractivity (Wildman–Crippen MR) is 103 cm³/mol. The van der Waals surface area contributed by atoms with Crippen molar-refractivity contribution < 1.29 is 19.1 Å². The molecule has 1 fully saturated rings. The summed E-state index contributed by atoms with van der Waals surface area (Å²) in [6.07, 6.45) is 0.531. The van der Waals surface area contributed by atoms with E-state index in [2.05, 4.69) is 15.4 Å². The third kappa shape index (κ3) is 4.16. The minimum absolute atomic E-state index is 0.134. The second-order valence-electron chi connectivity index (χ2n) is 6.74. The third-order valence-corrected chi connectivity index (χ3v) is 4.90. The van der Waals surface area contributed by atoms with Gasteiger partial charge >= 0.3 is 5.97 Å². The molecule has 1 aliphatic rings. The van der Waals surface area contributed by atoms with Crippen molar-refractivity contribution in [1.82, 2.24) is 0 Å². The number of methoxy groups -OCH3 is 1. The Hall–Kier alpha value is -3.15. The van der Waals surface area contributed by atoms with E-state index in [-0.39, 0.29) is 23.7 Å². The number of rotatable bonds is 5. The number of esters is 1. The van der Waals surface area contributed by atoms with Crippen LogP contribution in [0.5, 0.6) is 0 Å². The summed E-state index contributed by atoms with van der Waals surface area (Å²) in [4.78, 5) is 36.2. The zero-order valence-electron chi connectivity index (χ0n) is 15.5. The number of aryl methyl sites for hydroxylation is 1. The molecule has 0 aromatic heterocycles. The molecule has 1 aliphatic carbocycles. The molecule has 0 saturated heterocycles. The van der Waals surface area contributed by atoms with Crippen LogP contribution in [0.1, 0.15) is 27.9 Å². The maximum atomic E-state index is 12.4. The van der Waals surface area contributed by atoms with Crippen LogP contribution in [0.3, 0.4) is 0 Å². The van der Waals surface area contributed by atoms with Crippen LogP contribution in [0.2, 0.25) is 0 Å². The number of benzene rings is 2. The van der Waals surface area contributed by atoms with Crippen molar-refractivity contribution in [2.24, 2.45) is 11.8 Å². The number of carbonyl (C=O) groups excluding carboxylic acids is 3. The molecule has 2 unspecified atom stereocenters. The molecule has 0 heterocycles. The van der Waals surface area contributed by atoms with Crippen LogP contribution >= 0.6 is 0 Å². The zero-order chi connectivity index (χ0) is 19.6. The van der Waals surface area contributed by atoms with E-state index in [1.54, 1.807) is 24.3 Å². The van der Waals surface area contributed by atoms with Gasteiger partial charge in [-0.3, -0.25) is 9.59 Å². The van der Waals surface area contributed by atoms with Gasteiger partial charge in [-0.2, -0.15) is 0 Å². The van der Waals surface area contributed by atoms with Crippen molar-refractivity contribution in [1.29, 1.82) is 0 Å². The van der Waals surface area contributed by atoms with Gasteiger partial charge in [0.1, 0.15) is 0 Å². The molecule has 2 atom stereocenters. The molecule has 2 amide bonds. The lowest BCUT2D eigenvalue weighted by Gasteiger charge is -2.10. The first-order chi connectivity index (χ1) is 12.9. The van der Waals surface area contributed by atoms with Crippen molar-refractivity contribution in [2.45, 2.75) is 20.3 Å². The molecule has 1 saturated carbocycles. The zero-order valence-corrected chi connectivity index (χ0v) is 15.5. The summed E-state index contributed by atoms with van der Waals surface area (Å²) in [5.74, 6) is -1.42. The van der Waals surface area contributed by atoms with Crippen LogP contribution in [0.25, 0.3) is 0 Å². The fraction of sp³-hybridized carbons (Fsp3) is 0.286. The summed E-state index contributed by atoms with van der Waals surface area (Å²) in [5.41, 5.74) is 3.90. The van der Waals surface area contributed by atoms with Crippen molar-refractivity contribution in [3.05, 3.63) is 59.2 Å². The number of ether oxygens (including phenoxy) is 1.